The summed E-state index contributed by atoms with van der Waals surface area (Å²) in [6.07, 6.45) is 0. The average molecular weight is 385 g/mol. The lowest BCUT2D eigenvalue weighted by Crippen LogP contribution is -2.08. The van der Waals surface area contributed by atoms with Crippen LogP contribution in [0, 0.1) is 0 Å². The maximum atomic E-state index is 12.5. The molecule has 0 unspecified atom stereocenters. The van der Waals surface area contributed by atoms with Gasteiger partial charge in [-0.1, -0.05) is 30.3 Å². The second kappa shape index (κ2) is 8.55. The zero-order valence-electron chi connectivity index (χ0n) is 15.2. The summed E-state index contributed by atoms with van der Waals surface area (Å²) in [6.45, 7) is 0.0691. The smallest absolute Gasteiger partial charge is 0.342 e. The van der Waals surface area contributed by atoms with Crippen LogP contribution in [-0.4, -0.2) is 32.3 Å². The summed E-state index contributed by atoms with van der Waals surface area (Å²) in [5.74, 6) is 0.714. The fourth-order valence-electron chi connectivity index (χ4n) is 2.49. The first kappa shape index (κ1) is 18.7. The van der Waals surface area contributed by atoms with Crippen molar-refractivity contribution in [1.82, 2.24) is 4.98 Å². The van der Waals surface area contributed by atoms with Gasteiger partial charge in [0.2, 0.25) is 0 Å². The molecule has 0 N–H and O–H groups in total. The monoisotopic (exact) mass is 385 g/mol. The molecule has 2 aromatic carbocycles. The molecule has 1 heterocycles. The van der Waals surface area contributed by atoms with Crippen LogP contribution in [0.15, 0.2) is 47.8 Å². The number of thiazole rings is 1. The fraction of sp³-hybridized carbons (Fsp3) is 0.200. The Bertz CT molecular complexity index is 923. The summed E-state index contributed by atoms with van der Waals surface area (Å²) in [4.78, 5) is 17.0. The van der Waals surface area contributed by atoms with Crippen LogP contribution in [0.4, 0.5) is 0 Å². The van der Waals surface area contributed by atoms with Crippen LogP contribution in [-0.2, 0) is 11.3 Å². The highest BCUT2D eigenvalue weighted by Crippen LogP contribution is 2.35. The number of hydrogen-bond donors (Lipinski definition) is 0. The van der Waals surface area contributed by atoms with Crippen molar-refractivity contribution >= 4 is 17.3 Å². The van der Waals surface area contributed by atoms with Crippen molar-refractivity contribution in [3.63, 3.8) is 0 Å². The molecule has 0 aliphatic carbocycles. The van der Waals surface area contributed by atoms with E-state index in [0.29, 0.717) is 22.9 Å². The van der Waals surface area contributed by atoms with Crippen molar-refractivity contribution in [2.45, 2.75) is 6.61 Å². The molecule has 0 radical (unpaired) electrons. The molecule has 0 spiro atoms. The zero-order chi connectivity index (χ0) is 19.2. The standard InChI is InChI=1S/C20H19NO5S/c1-23-16-10-18(25-3)17(24-2)9-15(16)20(22)26-11-14-12-27-19(21-14)13-7-5-4-6-8-13/h4-10,12H,11H2,1-3H3. The summed E-state index contributed by atoms with van der Waals surface area (Å²) in [6, 6.07) is 13.0. The van der Waals surface area contributed by atoms with Gasteiger partial charge in [0.1, 0.15) is 22.9 Å². The lowest BCUT2D eigenvalue weighted by atomic mass is 10.1. The highest BCUT2D eigenvalue weighted by Gasteiger charge is 2.19. The Labute approximate surface area is 161 Å². The summed E-state index contributed by atoms with van der Waals surface area (Å²) in [5.41, 5.74) is 1.97. The topological polar surface area (TPSA) is 66.9 Å². The molecule has 0 aliphatic heterocycles. The van der Waals surface area contributed by atoms with E-state index in [-0.39, 0.29) is 12.2 Å². The minimum Gasteiger partial charge on any atom is -0.496 e. The Kier molecular flexibility index (Phi) is 5.93. The number of benzene rings is 2. The predicted molar refractivity (Wildman–Crippen MR) is 103 cm³/mol. The van der Waals surface area contributed by atoms with E-state index in [9.17, 15) is 4.79 Å². The van der Waals surface area contributed by atoms with Crippen LogP contribution in [0.1, 0.15) is 16.1 Å². The van der Waals surface area contributed by atoms with Crippen molar-refractivity contribution in [3.05, 3.63) is 59.1 Å². The number of aromatic nitrogens is 1. The lowest BCUT2D eigenvalue weighted by Gasteiger charge is -2.13. The third-order valence-electron chi connectivity index (χ3n) is 3.85. The number of methoxy groups -OCH3 is 3. The number of carbonyl (C=O) groups is 1. The number of rotatable bonds is 7. The van der Waals surface area contributed by atoms with E-state index in [1.54, 1.807) is 6.07 Å². The SMILES string of the molecule is COc1cc(OC)c(C(=O)OCc2csc(-c3ccccc3)n2)cc1OC. The van der Waals surface area contributed by atoms with Gasteiger partial charge < -0.3 is 18.9 Å². The van der Waals surface area contributed by atoms with Crippen LogP contribution >= 0.6 is 11.3 Å². The van der Waals surface area contributed by atoms with E-state index in [2.05, 4.69) is 4.98 Å². The minimum atomic E-state index is -0.526. The molecule has 7 heteroatoms. The molecule has 140 valence electrons. The van der Waals surface area contributed by atoms with E-state index in [0.717, 1.165) is 10.6 Å². The lowest BCUT2D eigenvalue weighted by molar-refractivity contribution is 0.0464. The van der Waals surface area contributed by atoms with Gasteiger partial charge in [-0.15, -0.1) is 11.3 Å². The van der Waals surface area contributed by atoms with Gasteiger partial charge in [0, 0.05) is 23.1 Å². The molecule has 0 saturated carbocycles. The third kappa shape index (κ3) is 4.20. The third-order valence-corrected chi connectivity index (χ3v) is 4.79. The first-order chi connectivity index (χ1) is 13.2. The minimum absolute atomic E-state index is 0.0691. The van der Waals surface area contributed by atoms with E-state index >= 15 is 0 Å². The van der Waals surface area contributed by atoms with E-state index < -0.39 is 5.97 Å². The van der Waals surface area contributed by atoms with Crippen molar-refractivity contribution in [2.75, 3.05) is 21.3 Å². The van der Waals surface area contributed by atoms with E-state index in [1.165, 1.54) is 38.7 Å². The number of hydrogen-bond acceptors (Lipinski definition) is 7. The summed E-state index contributed by atoms with van der Waals surface area (Å²) in [7, 11) is 4.49. The number of nitrogens with zero attached hydrogens (tertiary/aromatic N) is 1. The Hall–Kier alpha value is -3.06. The van der Waals surface area contributed by atoms with Gasteiger partial charge in [-0.3, -0.25) is 0 Å². The molecule has 0 atom stereocenters. The first-order valence-electron chi connectivity index (χ1n) is 8.13. The van der Waals surface area contributed by atoms with E-state index in [1.807, 2.05) is 35.7 Å². The number of esters is 1. The average Bonchev–Trinajstić information content (AvgIpc) is 3.20. The molecule has 0 amide bonds. The summed E-state index contributed by atoms with van der Waals surface area (Å²) in [5, 5.41) is 2.76. The molecule has 0 aliphatic rings. The van der Waals surface area contributed by atoms with Gasteiger partial charge in [0.05, 0.1) is 27.0 Å². The normalized spacial score (nSPS) is 10.3. The molecule has 3 rings (SSSR count). The first-order valence-corrected chi connectivity index (χ1v) is 9.01. The maximum Gasteiger partial charge on any atom is 0.342 e. The second-order valence-corrected chi connectivity index (χ2v) is 6.35. The second-order valence-electron chi connectivity index (χ2n) is 5.49. The molecule has 1 aromatic heterocycles. The maximum absolute atomic E-state index is 12.5. The summed E-state index contributed by atoms with van der Waals surface area (Å²) >= 11 is 1.51. The quantitative estimate of drug-likeness (QED) is 0.568. The van der Waals surface area contributed by atoms with Crippen molar-refractivity contribution < 1.29 is 23.7 Å². The van der Waals surface area contributed by atoms with Gasteiger partial charge in [0.25, 0.3) is 0 Å². The van der Waals surface area contributed by atoms with Crippen LogP contribution < -0.4 is 14.2 Å². The van der Waals surface area contributed by atoms with Gasteiger partial charge >= 0.3 is 5.97 Å². The van der Waals surface area contributed by atoms with Gasteiger partial charge in [-0.25, -0.2) is 9.78 Å². The van der Waals surface area contributed by atoms with Crippen LogP contribution in [0.2, 0.25) is 0 Å². The zero-order valence-corrected chi connectivity index (χ0v) is 16.0. The van der Waals surface area contributed by atoms with Gasteiger partial charge in [-0.2, -0.15) is 0 Å². The molecule has 0 saturated heterocycles. The molecule has 0 fully saturated rings. The highest BCUT2D eigenvalue weighted by atomic mass is 32.1. The Morgan fingerprint density at radius 2 is 1.63 bits per heavy atom. The fourth-order valence-corrected chi connectivity index (χ4v) is 3.30. The molecular formula is C20H19NO5S. The predicted octanol–water partition coefficient (Wildman–Crippen LogP) is 4.19. The van der Waals surface area contributed by atoms with Crippen LogP contribution in [0.5, 0.6) is 17.2 Å². The van der Waals surface area contributed by atoms with Crippen LogP contribution in [0.25, 0.3) is 10.6 Å². The molecule has 0 bridgehead atoms. The van der Waals surface area contributed by atoms with Crippen molar-refractivity contribution in [3.8, 4) is 27.8 Å². The van der Waals surface area contributed by atoms with E-state index in [4.69, 9.17) is 18.9 Å². The summed E-state index contributed by atoms with van der Waals surface area (Å²) < 4.78 is 21.1. The Morgan fingerprint density at radius 3 is 2.30 bits per heavy atom. The molecule has 3 aromatic rings. The Morgan fingerprint density at radius 1 is 0.963 bits per heavy atom. The molecule has 6 nitrogen and oxygen atoms in total. The molecule has 27 heavy (non-hydrogen) atoms. The molecular weight excluding hydrogens is 366 g/mol. The number of carbonyl (C=O) groups excluding carboxylic acids is 1. The highest BCUT2D eigenvalue weighted by molar-refractivity contribution is 7.13. The van der Waals surface area contributed by atoms with Gasteiger partial charge in [-0.05, 0) is 0 Å². The largest absolute Gasteiger partial charge is 0.496 e. The van der Waals surface area contributed by atoms with Gasteiger partial charge in [0.15, 0.2) is 11.5 Å². The Balaban J connectivity index is 1.74. The van der Waals surface area contributed by atoms with Crippen molar-refractivity contribution in [2.24, 2.45) is 0 Å². The van der Waals surface area contributed by atoms with Crippen LogP contribution in [0.3, 0.4) is 0 Å². The number of ether oxygens (including phenoxy) is 4. The van der Waals surface area contributed by atoms with Crippen molar-refractivity contribution in [1.29, 1.82) is 0 Å².